The molecule has 2 heterocycles. The Balaban J connectivity index is 1.52. The van der Waals surface area contributed by atoms with Crippen molar-refractivity contribution < 1.29 is 9.18 Å². The molecule has 0 radical (unpaired) electrons. The van der Waals surface area contributed by atoms with E-state index in [0.717, 1.165) is 31.6 Å². The van der Waals surface area contributed by atoms with Crippen molar-refractivity contribution >= 4 is 40.9 Å². The standard InChI is InChI=1S/C26H29Cl2FN2O/c1-18-13-20(14-21-8-2-3-9-24(21)29)17-31(26(18)32)25-22(27)15-19(16-23(25)28)7-6-12-30-10-4-5-11-30/h2-3,6-9,15-16,18,20H,4-5,10-14,17H2,1H3/b7-6-/t18-,20-/m1/s1. The molecule has 0 N–H and O–H groups in total. The van der Waals surface area contributed by atoms with E-state index in [1.54, 1.807) is 11.0 Å². The normalized spacial score (nSPS) is 22.2. The van der Waals surface area contributed by atoms with E-state index in [4.69, 9.17) is 23.2 Å². The van der Waals surface area contributed by atoms with Crippen molar-refractivity contribution in [2.24, 2.45) is 11.8 Å². The molecular weight excluding hydrogens is 446 g/mol. The highest BCUT2D eigenvalue weighted by atomic mass is 35.5. The van der Waals surface area contributed by atoms with Gasteiger partial charge in [0.15, 0.2) is 0 Å². The van der Waals surface area contributed by atoms with Gasteiger partial charge < -0.3 is 4.90 Å². The second-order valence-corrected chi connectivity index (χ2v) is 9.80. The number of anilines is 1. The first-order valence-corrected chi connectivity index (χ1v) is 12.1. The number of amides is 1. The van der Waals surface area contributed by atoms with Gasteiger partial charge >= 0.3 is 0 Å². The predicted octanol–water partition coefficient (Wildman–Crippen LogP) is 6.47. The summed E-state index contributed by atoms with van der Waals surface area (Å²) in [5.74, 6) is -0.236. The third-order valence-electron chi connectivity index (χ3n) is 6.46. The topological polar surface area (TPSA) is 23.6 Å². The zero-order chi connectivity index (χ0) is 22.7. The lowest BCUT2D eigenvalue weighted by atomic mass is 9.85. The Morgan fingerprint density at radius 3 is 2.50 bits per heavy atom. The van der Waals surface area contributed by atoms with Crippen LogP contribution in [0.25, 0.3) is 6.08 Å². The van der Waals surface area contributed by atoms with E-state index in [1.165, 1.54) is 18.9 Å². The molecule has 1 amide bonds. The number of benzene rings is 2. The minimum Gasteiger partial charge on any atom is -0.309 e. The molecule has 170 valence electrons. The molecule has 2 atom stereocenters. The third kappa shape index (κ3) is 5.36. The highest BCUT2D eigenvalue weighted by molar-refractivity contribution is 6.40. The van der Waals surface area contributed by atoms with Crippen LogP contribution in [0.15, 0.2) is 42.5 Å². The molecule has 0 saturated carbocycles. The fourth-order valence-corrected chi connectivity index (χ4v) is 5.56. The van der Waals surface area contributed by atoms with E-state index in [1.807, 2.05) is 37.3 Å². The van der Waals surface area contributed by atoms with E-state index in [0.29, 0.717) is 34.3 Å². The van der Waals surface area contributed by atoms with Crippen molar-refractivity contribution in [3.63, 3.8) is 0 Å². The van der Waals surface area contributed by atoms with Crippen molar-refractivity contribution in [1.82, 2.24) is 4.90 Å². The van der Waals surface area contributed by atoms with Crippen LogP contribution in [0.4, 0.5) is 10.1 Å². The quantitative estimate of drug-likeness (QED) is 0.478. The number of halogens is 3. The summed E-state index contributed by atoms with van der Waals surface area (Å²) in [5, 5.41) is 0.927. The molecule has 0 unspecified atom stereocenters. The van der Waals surface area contributed by atoms with Crippen molar-refractivity contribution in [3.05, 3.63) is 69.5 Å². The summed E-state index contributed by atoms with van der Waals surface area (Å²) in [6.45, 7) is 5.60. The smallest absolute Gasteiger partial charge is 0.229 e. The summed E-state index contributed by atoms with van der Waals surface area (Å²) in [5.41, 5.74) is 2.15. The highest BCUT2D eigenvalue weighted by Gasteiger charge is 2.34. The molecule has 0 spiro atoms. The minimum absolute atomic E-state index is 0.0101. The molecule has 0 aromatic heterocycles. The van der Waals surface area contributed by atoms with Gasteiger partial charge in [0.25, 0.3) is 0 Å². The monoisotopic (exact) mass is 474 g/mol. The number of hydrogen-bond donors (Lipinski definition) is 0. The molecular formula is C26H29Cl2FN2O. The summed E-state index contributed by atoms with van der Waals surface area (Å²) in [6.07, 6.45) is 7.98. The molecule has 2 fully saturated rings. The number of hydrogen-bond acceptors (Lipinski definition) is 2. The zero-order valence-electron chi connectivity index (χ0n) is 18.4. The Kier molecular flexibility index (Phi) is 7.55. The molecule has 0 bridgehead atoms. The highest BCUT2D eigenvalue weighted by Crippen LogP contribution is 2.39. The fraction of sp³-hybridized carbons (Fsp3) is 0.423. The lowest BCUT2D eigenvalue weighted by molar-refractivity contribution is -0.124. The maximum absolute atomic E-state index is 14.2. The zero-order valence-corrected chi connectivity index (χ0v) is 19.9. The van der Waals surface area contributed by atoms with Gasteiger partial charge in [-0.3, -0.25) is 9.69 Å². The average molecular weight is 475 g/mol. The minimum atomic E-state index is -0.204. The summed E-state index contributed by atoms with van der Waals surface area (Å²) in [6, 6.07) is 10.6. The number of carbonyl (C=O) groups excluding carboxylic acids is 1. The van der Waals surface area contributed by atoms with Crippen molar-refractivity contribution in [1.29, 1.82) is 0 Å². The SMILES string of the molecule is C[C@@H]1C[C@H](Cc2ccccc2F)CN(c2c(Cl)cc(/C=C\CN3CCCC3)cc2Cl)C1=O. The molecule has 4 rings (SSSR count). The lowest BCUT2D eigenvalue weighted by Gasteiger charge is -2.37. The molecule has 2 aromatic rings. The molecule has 2 aliphatic heterocycles. The number of rotatable bonds is 6. The van der Waals surface area contributed by atoms with Gasteiger partial charge in [0, 0.05) is 19.0 Å². The van der Waals surface area contributed by atoms with Crippen molar-refractivity contribution in [3.8, 4) is 0 Å². The molecule has 2 saturated heterocycles. The van der Waals surface area contributed by atoms with Crippen LogP contribution >= 0.6 is 23.2 Å². The Morgan fingerprint density at radius 2 is 1.81 bits per heavy atom. The Labute approximate surface area is 199 Å². The van der Waals surface area contributed by atoms with Crippen LogP contribution in [0.5, 0.6) is 0 Å². The van der Waals surface area contributed by atoms with E-state index in [2.05, 4.69) is 11.0 Å². The maximum atomic E-state index is 14.2. The van der Waals surface area contributed by atoms with Gasteiger partial charge in [0.2, 0.25) is 5.91 Å². The van der Waals surface area contributed by atoms with Crippen LogP contribution in [0, 0.1) is 17.7 Å². The Bertz CT molecular complexity index is 980. The molecule has 32 heavy (non-hydrogen) atoms. The molecule has 2 aliphatic rings. The second kappa shape index (κ2) is 10.4. The summed E-state index contributed by atoms with van der Waals surface area (Å²) in [7, 11) is 0. The number of nitrogens with zero attached hydrogens (tertiary/aromatic N) is 2. The molecule has 2 aromatic carbocycles. The largest absolute Gasteiger partial charge is 0.309 e. The van der Waals surface area contributed by atoms with Crippen molar-refractivity contribution in [2.45, 2.75) is 32.6 Å². The number of likely N-dealkylation sites (tertiary alicyclic amines) is 1. The van der Waals surface area contributed by atoms with Gasteiger partial charge in [-0.1, -0.05) is 60.5 Å². The lowest BCUT2D eigenvalue weighted by Crippen LogP contribution is -2.45. The Hall–Kier alpha value is -1.88. The van der Waals surface area contributed by atoms with Gasteiger partial charge in [-0.15, -0.1) is 0 Å². The van der Waals surface area contributed by atoms with Gasteiger partial charge in [-0.2, -0.15) is 0 Å². The van der Waals surface area contributed by atoms with Crippen LogP contribution in [0.1, 0.15) is 37.3 Å². The van der Waals surface area contributed by atoms with Crippen LogP contribution in [0.3, 0.4) is 0 Å². The number of carbonyl (C=O) groups is 1. The van der Waals surface area contributed by atoms with Crippen LogP contribution in [-0.4, -0.2) is 37.0 Å². The van der Waals surface area contributed by atoms with Crippen LogP contribution < -0.4 is 4.90 Å². The predicted molar refractivity (Wildman–Crippen MR) is 131 cm³/mol. The average Bonchev–Trinajstić information content (AvgIpc) is 3.26. The third-order valence-corrected chi connectivity index (χ3v) is 7.04. The van der Waals surface area contributed by atoms with E-state index in [9.17, 15) is 9.18 Å². The second-order valence-electron chi connectivity index (χ2n) is 8.99. The summed E-state index contributed by atoms with van der Waals surface area (Å²) < 4.78 is 14.2. The van der Waals surface area contributed by atoms with Crippen molar-refractivity contribution in [2.75, 3.05) is 31.1 Å². The van der Waals surface area contributed by atoms with Gasteiger partial charge in [0.05, 0.1) is 15.7 Å². The molecule has 6 heteroatoms. The fourth-order valence-electron chi connectivity index (χ4n) is 4.86. The molecule has 3 nitrogen and oxygen atoms in total. The summed E-state index contributed by atoms with van der Waals surface area (Å²) >= 11 is 13.3. The summed E-state index contributed by atoms with van der Waals surface area (Å²) in [4.78, 5) is 17.1. The van der Waals surface area contributed by atoms with Gasteiger partial charge in [-0.25, -0.2) is 4.39 Å². The van der Waals surface area contributed by atoms with Crippen LogP contribution in [-0.2, 0) is 11.2 Å². The van der Waals surface area contributed by atoms with Crippen LogP contribution in [0.2, 0.25) is 10.0 Å². The van der Waals surface area contributed by atoms with E-state index < -0.39 is 0 Å². The Morgan fingerprint density at radius 1 is 1.12 bits per heavy atom. The first-order valence-electron chi connectivity index (χ1n) is 11.3. The van der Waals surface area contributed by atoms with E-state index >= 15 is 0 Å². The number of piperidine rings is 1. The molecule has 0 aliphatic carbocycles. The maximum Gasteiger partial charge on any atom is 0.229 e. The van der Waals surface area contributed by atoms with Gasteiger partial charge in [0.1, 0.15) is 5.82 Å². The van der Waals surface area contributed by atoms with E-state index in [-0.39, 0.29) is 23.6 Å². The van der Waals surface area contributed by atoms with Gasteiger partial charge in [-0.05, 0) is 74.0 Å². The first-order chi connectivity index (χ1) is 15.4. The first kappa shape index (κ1) is 23.3.